The van der Waals surface area contributed by atoms with Crippen LogP contribution in [-0.2, 0) is 16.6 Å². The summed E-state index contributed by atoms with van der Waals surface area (Å²) in [6.07, 6.45) is 2.48. The van der Waals surface area contributed by atoms with E-state index in [1.54, 1.807) is 30.3 Å². The second-order valence-electron chi connectivity index (χ2n) is 6.40. The molecule has 1 amide bonds. The summed E-state index contributed by atoms with van der Waals surface area (Å²) in [7, 11) is -3.38. The van der Waals surface area contributed by atoms with Gasteiger partial charge in [0.1, 0.15) is 5.82 Å². The first kappa shape index (κ1) is 20.2. The van der Waals surface area contributed by atoms with E-state index in [4.69, 9.17) is 5.73 Å². The molecule has 8 nitrogen and oxygen atoms in total. The largest absolute Gasteiger partial charge is 0.380 e. The van der Waals surface area contributed by atoms with E-state index in [1.807, 2.05) is 30.3 Å². The van der Waals surface area contributed by atoms with Crippen LogP contribution in [-0.4, -0.2) is 25.6 Å². The Bertz CT molecular complexity index is 1120. The summed E-state index contributed by atoms with van der Waals surface area (Å²) in [5, 5.41) is 6.30. The third-order valence-corrected chi connectivity index (χ3v) is 4.54. The topological polar surface area (TPSA) is 126 Å². The van der Waals surface area contributed by atoms with Gasteiger partial charge in [-0.2, -0.15) is 0 Å². The fraction of sp³-hybridized carbons (Fsp3) is 0.100. The molecule has 0 atom stereocenters. The number of nitrogens with zero attached hydrogens (tertiary/aromatic N) is 1. The van der Waals surface area contributed by atoms with Crippen LogP contribution < -0.4 is 21.1 Å². The number of hydrogen-bond acceptors (Lipinski definition) is 6. The van der Waals surface area contributed by atoms with E-state index in [2.05, 4.69) is 20.3 Å². The standard InChI is InChI=1S/C20H21N5O3S/c1-29(27,28)25-16-9-5-8-15(10-16)24-19-11-18(17(13-23-19)20(21)26)22-12-14-6-3-2-4-7-14/h2-11,13,25H,12H2,1H3,(H2,21,26)(H2,22,23,24). The molecule has 0 saturated carbocycles. The highest BCUT2D eigenvalue weighted by Gasteiger charge is 2.11. The Balaban J connectivity index is 1.81. The number of aromatic nitrogens is 1. The Morgan fingerprint density at radius 1 is 1.03 bits per heavy atom. The van der Waals surface area contributed by atoms with Crippen molar-refractivity contribution in [2.24, 2.45) is 5.73 Å². The van der Waals surface area contributed by atoms with E-state index in [-0.39, 0.29) is 5.56 Å². The van der Waals surface area contributed by atoms with Gasteiger partial charge in [0.2, 0.25) is 10.0 Å². The lowest BCUT2D eigenvalue weighted by Gasteiger charge is -2.13. The Hall–Kier alpha value is -3.59. The van der Waals surface area contributed by atoms with E-state index < -0.39 is 15.9 Å². The Morgan fingerprint density at radius 2 is 1.76 bits per heavy atom. The number of amides is 1. The molecule has 150 valence electrons. The van der Waals surface area contributed by atoms with Crippen molar-refractivity contribution in [3.05, 3.63) is 78.0 Å². The smallest absolute Gasteiger partial charge is 0.252 e. The Kier molecular flexibility index (Phi) is 5.99. The molecule has 0 fully saturated rings. The van der Waals surface area contributed by atoms with Gasteiger partial charge in [-0.1, -0.05) is 36.4 Å². The number of carbonyl (C=O) groups is 1. The van der Waals surface area contributed by atoms with Crippen molar-refractivity contribution in [2.75, 3.05) is 21.6 Å². The molecule has 3 aromatic rings. The summed E-state index contributed by atoms with van der Waals surface area (Å²) < 4.78 is 25.2. The molecule has 0 aliphatic carbocycles. The number of rotatable bonds is 8. The van der Waals surface area contributed by atoms with Gasteiger partial charge in [0.15, 0.2) is 0 Å². The third-order valence-electron chi connectivity index (χ3n) is 3.93. The highest BCUT2D eigenvalue weighted by Crippen LogP contribution is 2.24. The van der Waals surface area contributed by atoms with Gasteiger partial charge in [-0.25, -0.2) is 13.4 Å². The van der Waals surface area contributed by atoms with Crippen molar-refractivity contribution in [1.29, 1.82) is 0 Å². The Labute approximate surface area is 169 Å². The fourth-order valence-corrected chi connectivity index (χ4v) is 3.24. The van der Waals surface area contributed by atoms with Gasteiger partial charge in [-0.3, -0.25) is 9.52 Å². The molecule has 0 unspecified atom stereocenters. The van der Waals surface area contributed by atoms with Gasteiger partial charge >= 0.3 is 0 Å². The average Bonchev–Trinajstić information content (AvgIpc) is 2.66. The molecule has 29 heavy (non-hydrogen) atoms. The van der Waals surface area contributed by atoms with Gasteiger partial charge in [0.25, 0.3) is 5.91 Å². The van der Waals surface area contributed by atoms with Crippen LogP contribution in [0.5, 0.6) is 0 Å². The lowest BCUT2D eigenvalue weighted by atomic mass is 10.2. The average molecular weight is 411 g/mol. The predicted octanol–water partition coefficient (Wildman–Crippen LogP) is 2.91. The number of sulfonamides is 1. The summed E-state index contributed by atoms with van der Waals surface area (Å²) in [5.74, 6) is -0.110. The number of pyridine rings is 1. The molecule has 0 bridgehead atoms. The maximum absolute atomic E-state index is 11.7. The molecule has 1 heterocycles. The molecule has 5 N–H and O–H groups in total. The van der Waals surface area contributed by atoms with Crippen LogP contribution >= 0.6 is 0 Å². The lowest BCUT2D eigenvalue weighted by Crippen LogP contribution is -2.15. The minimum absolute atomic E-state index is 0.277. The maximum atomic E-state index is 11.7. The Morgan fingerprint density at radius 3 is 2.45 bits per heavy atom. The van der Waals surface area contributed by atoms with Crippen molar-refractivity contribution in [3.8, 4) is 0 Å². The molecular formula is C20H21N5O3S. The van der Waals surface area contributed by atoms with E-state index in [1.165, 1.54) is 6.20 Å². The molecule has 9 heteroatoms. The van der Waals surface area contributed by atoms with E-state index in [0.29, 0.717) is 29.4 Å². The SMILES string of the molecule is CS(=O)(=O)Nc1cccc(Nc2cc(NCc3ccccc3)c(C(N)=O)cn2)c1. The molecule has 0 saturated heterocycles. The predicted molar refractivity (Wildman–Crippen MR) is 115 cm³/mol. The molecular weight excluding hydrogens is 390 g/mol. The summed E-state index contributed by atoms with van der Waals surface area (Å²) in [6, 6.07) is 18.2. The van der Waals surface area contributed by atoms with Crippen LogP contribution in [0, 0.1) is 0 Å². The zero-order valence-corrected chi connectivity index (χ0v) is 16.5. The molecule has 1 aromatic heterocycles. The number of nitrogens with two attached hydrogens (primary N) is 1. The number of benzene rings is 2. The van der Waals surface area contributed by atoms with Gasteiger partial charge < -0.3 is 16.4 Å². The van der Waals surface area contributed by atoms with E-state index in [0.717, 1.165) is 11.8 Å². The lowest BCUT2D eigenvalue weighted by molar-refractivity contribution is 0.100. The second-order valence-corrected chi connectivity index (χ2v) is 8.15. The zero-order chi connectivity index (χ0) is 20.9. The minimum atomic E-state index is -3.38. The van der Waals surface area contributed by atoms with Gasteiger partial charge in [-0.15, -0.1) is 0 Å². The molecule has 0 aliphatic rings. The van der Waals surface area contributed by atoms with Crippen LogP contribution in [0.25, 0.3) is 0 Å². The maximum Gasteiger partial charge on any atom is 0.252 e. The summed E-state index contributed by atoms with van der Waals surface area (Å²) in [6.45, 7) is 0.512. The van der Waals surface area contributed by atoms with E-state index in [9.17, 15) is 13.2 Å². The molecule has 2 aromatic carbocycles. The van der Waals surface area contributed by atoms with Crippen LogP contribution in [0.3, 0.4) is 0 Å². The summed E-state index contributed by atoms with van der Waals surface area (Å²) in [4.78, 5) is 16.0. The first-order valence-electron chi connectivity index (χ1n) is 8.73. The quantitative estimate of drug-likeness (QED) is 0.451. The van der Waals surface area contributed by atoms with Crippen molar-refractivity contribution in [2.45, 2.75) is 6.54 Å². The van der Waals surface area contributed by atoms with Gasteiger partial charge in [-0.05, 0) is 23.8 Å². The molecule has 0 radical (unpaired) electrons. The van der Waals surface area contributed by atoms with Crippen molar-refractivity contribution in [1.82, 2.24) is 4.98 Å². The molecule has 3 rings (SSSR count). The number of hydrogen-bond donors (Lipinski definition) is 4. The van der Waals surface area contributed by atoms with Crippen molar-refractivity contribution >= 4 is 38.8 Å². The van der Waals surface area contributed by atoms with Crippen LogP contribution in [0.4, 0.5) is 22.9 Å². The van der Waals surface area contributed by atoms with Crippen LogP contribution in [0.15, 0.2) is 66.9 Å². The van der Waals surface area contributed by atoms with Crippen molar-refractivity contribution in [3.63, 3.8) is 0 Å². The van der Waals surface area contributed by atoms with Gasteiger partial charge in [0, 0.05) is 24.5 Å². The summed E-state index contributed by atoms with van der Waals surface area (Å²) in [5.41, 5.74) is 8.39. The number of anilines is 4. The highest BCUT2D eigenvalue weighted by molar-refractivity contribution is 7.92. The third kappa shape index (κ3) is 5.94. The molecule has 0 aliphatic heterocycles. The molecule has 0 spiro atoms. The van der Waals surface area contributed by atoms with Crippen LogP contribution in [0.2, 0.25) is 0 Å². The first-order chi connectivity index (χ1) is 13.8. The fourth-order valence-electron chi connectivity index (χ4n) is 2.68. The zero-order valence-electron chi connectivity index (χ0n) is 15.7. The number of nitrogens with one attached hydrogen (secondary N) is 3. The van der Waals surface area contributed by atoms with Crippen molar-refractivity contribution < 1.29 is 13.2 Å². The summed E-state index contributed by atoms with van der Waals surface area (Å²) >= 11 is 0. The normalized spacial score (nSPS) is 10.9. The first-order valence-corrected chi connectivity index (χ1v) is 10.6. The number of primary amides is 1. The highest BCUT2D eigenvalue weighted by atomic mass is 32.2. The van der Waals surface area contributed by atoms with E-state index >= 15 is 0 Å². The number of carbonyl (C=O) groups excluding carboxylic acids is 1. The van der Waals surface area contributed by atoms with Crippen LogP contribution in [0.1, 0.15) is 15.9 Å². The second kappa shape index (κ2) is 8.61. The van der Waals surface area contributed by atoms with Gasteiger partial charge in [0.05, 0.1) is 23.2 Å². The minimum Gasteiger partial charge on any atom is -0.380 e. The monoisotopic (exact) mass is 411 g/mol.